The first kappa shape index (κ1) is 12.3. The van der Waals surface area contributed by atoms with Crippen LogP contribution in [0.2, 0.25) is 0 Å². The lowest BCUT2D eigenvalue weighted by Gasteiger charge is -1.91. The van der Waals surface area contributed by atoms with Crippen LogP contribution in [-0.4, -0.2) is 10.9 Å². The summed E-state index contributed by atoms with van der Waals surface area (Å²) in [6.45, 7) is 0. The highest BCUT2D eigenvalue weighted by atomic mass is 32.1. The second-order valence-corrected chi connectivity index (χ2v) is 4.49. The van der Waals surface area contributed by atoms with E-state index < -0.39 is 0 Å². The Morgan fingerprint density at radius 2 is 1.83 bits per heavy atom. The highest BCUT2D eigenvalue weighted by Crippen LogP contribution is 2.08. The summed E-state index contributed by atoms with van der Waals surface area (Å²) in [6, 6.07) is 15.6. The predicted octanol–water partition coefficient (Wildman–Crippen LogP) is 3.08. The molecule has 0 spiro atoms. The lowest BCUT2D eigenvalue weighted by atomic mass is 10.2. The van der Waals surface area contributed by atoms with Crippen molar-refractivity contribution in [3.05, 3.63) is 65.0 Å². The number of para-hydroxylation sites is 1. The van der Waals surface area contributed by atoms with Gasteiger partial charge in [-0.05, 0) is 23.6 Å². The Kier molecular flexibility index (Phi) is 4.04. The molecule has 0 aliphatic carbocycles. The molecule has 4 heteroatoms. The van der Waals surface area contributed by atoms with E-state index in [2.05, 4.69) is 17.1 Å². The zero-order valence-corrected chi connectivity index (χ0v) is 10.4. The van der Waals surface area contributed by atoms with Gasteiger partial charge in [0, 0.05) is 11.6 Å². The van der Waals surface area contributed by atoms with Gasteiger partial charge in [-0.25, -0.2) is 0 Å². The molecule has 0 fully saturated rings. The van der Waals surface area contributed by atoms with Crippen molar-refractivity contribution in [1.82, 2.24) is 4.98 Å². The second-order valence-electron chi connectivity index (χ2n) is 3.54. The predicted molar refractivity (Wildman–Crippen MR) is 74.6 cm³/mol. The van der Waals surface area contributed by atoms with Crippen molar-refractivity contribution in [3.63, 3.8) is 0 Å². The number of thiophene rings is 1. The standard InChI is InChI=1S/C9H7N.C5H5NOS/c1-2-6-9-8(4-1)5-3-7-10-9;6-5(7)4-2-1-3-8-4/h1-7H;1-3H,(H2,6,7). The van der Waals surface area contributed by atoms with Gasteiger partial charge in [-0.15, -0.1) is 11.3 Å². The fourth-order valence-corrected chi connectivity index (χ4v) is 2.01. The third-order valence-corrected chi connectivity index (χ3v) is 3.16. The lowest BCUT2D eigenvalue weighted by Crippen LogP contribution is -2.07. The SMILES string of the molecule is NC(=O)c1cccs1.c1ccc2ncccc2c1. The number of rotatable bonds is 1. The molecule has 1 amide bonds. The molecular weight excluding hydrogens is 244 g/mol. The minimum Gasteiger partial charge on any atom is -0.365 e. The van der Waals surface area contributed by atoms with Crippen LogP contribution in [0.15, 0.2) is 60.1 Å². The summed E-state index contributed by atoms with van der Waals surface area (Å²) < 4.78 is 0. The first-order valence-electron chi connectivity index (χ1n) is 5.40. The smallest absolute Gasteiger partial charge is 0.258 e. The third-order valence-electron chi connectivity index (χ3n) is 2.28. The van der Waals surface area contributed by atoms with Crippen LogP contribution >= 0.6 is 11.3 Å². The molecule has 0 saturated carbocycles. The van der Waals surface area contributed by atoms with Gasteiger partial charge in [0.25, 0.3) is 5.91 Å². The Bertz CT molecular complexity index is 570. The number of primary amides is 1. The van der Waals surface area contributed by atoms with E-state index in [1.54, 1.807) is 12.1 Å². The maximum absolute atomic E-state index is 10.3. The largest absolute Gasteiger partial charge is 0.365 e. The van der Waals surface area contributed by atoms with E-state index in [9.17, 15) is 4.79 Å². The van der Waals surface area contributed by atoms with Crippen LogP contribution < -0.4 is 5.73 Å². The summed E-state index contributed by atoms with van der Waals surface area (Å²) in [5.74, 6) is -0.347. The van der Waals surface area contributed by atoms with Crippen molar-refractivity contribution in [3.8, 4) is 0 Å². The number of benzene rings is 1. The van der Waals surface area contributed by atoms with E-state index in [4.69, 9.17) is 5.73 Å². The molecule has 0 aliphatic rings. The average molecular weight is 256 g/mol. The van der Waals surface area contributed by atoms with Gasteiger partial charge in [-0.2, -0.15) is 0 Å². The number of aromatic nitrogens is 1. The summed E-state index contributed by atoms with van der Waals surface area (Å²) in [5, 5.41) is 3.02. The number of amides is 1. The molecule has 2 N–H and O–H groups in total. The monoisotopic (exact) mass is 256 g/mol. The van der Waals surface area contributed by atoms with E-state index >= 15 is 0 Å². The third kappa shape index (κ3) is 3.15. The molecule has 0 unspecified atom stereocenters. The van der Waals surface area contributed by atoms with E-state index in [-0.39, 0.29) is 5.91 Å². The van der Waals surface area contributed by atoms with Gasteiger partial charge in [0.05, 0.1) is 10.4 Å². The molecule has 18 heavy (non-hydrogen) atoms. The highest BCUT2D eigenvalue weighted by Gasteiger charge is 1.96. The zero-order chi connectivity index (χ0) is 12.8. The fourth-order valence-electron chi connectivity index (χ4n) is 1.43. The molecule has 3 rings (SSSR count). The Balaban J connectivity index is 0.000000138. The lowest BCUT2D eigenvalue weighted by molar-refractivity contribution is 0.100. The van der Waals surface area contributed by atoms with Gasteiger partial charge in [-0.3, -0.25) is 9.78 Å². The van der Waals surface area contributed by atoms with Gasteiger partial charge in [0.15, 0.2) is 0 Å². The minimum absolute atomic E-state index is 0.347. The summed E-state index contributed by atoms with van der Waals surface area (Å²) in [5.41, 5.74) is 5.99. The Morgan fingerprint density at radius 3 is 2.44 bits per heavy atom. The van der Waals surface area contributed by atoms with Crippen LogP contribution in [0, 0.1) is 0 Å². The number of pyridine rings is 1. The van der Waals surface area contributed by atoms with Crippen molar-refractivity contribution in [1.29, 1.82) is 0 Å². The van der Waals surface area contributed by atoms with Crippen LogP contribution in [0.5, 0.6) is 0 Å². The van der Waals surface area contributed by atoms with Crippen molar-refractivity contribution < 1.29 is 4.79 Å². The van der Waals surface area contributed by atoms with Crippen molar-refractivity contribution in [2.24, 2.45) is 5.73 Å². The molecule has 0 atom stereocenters. The van der Waals surface area contributed by atoms with Gasteiger partial charge >= 0.3 is 0 Å². The quantitative estimate of drug-likeness (QED) is 0.727. The Labute approximate surface area is 109 Å². The summed E-state index contributed by atoms with van der Waals surface area (Å²) in [7, 11) is 0. The van der Waals surface area contributed by atoms with Crippen molar-refractivity contribution in [2.75, 3.05) is 0 Å². The first-order chi connectivity index (χ1) is 8.77. The normalized spacial score (nSPS) is 9.56. The van der Waals surface area contributed by atoms with E-state index in [1.165, 1.54) is 16.7 Å². The van der Waals surface area contributed by atoms with E-state index in [0.717, 1.165) is 5.52 Å². The topological polar surface area (TPSA) is 56.0 Å². The van der Waals surface area contributed by atoms with Crippen LogP contribution in [0.3, 0.4) is 0 Å². The van der Waals surface area contributed by atoms with Gasteiger partial charge in [0.1, 0.15) is 0 Å². The number of fused-ring (bicyclic) bond motifs is 1. The molecule has 0 bridgehead atoms. The maximum atomic E-state index is 10.3. The highest BCUT2D eigenvalue weighted by molar-refractivity contribution is 7.12. The minimum atomic E-state index is -0.347. The molecule has 0 radical (unpaired) electrons. The van der Waals surface area contributed by atoms with Gasteiger partial charge < -0.3 is 5.73 Å². The van der Waals surface area contributed by atoms with Crippen molar-refractivity contribution >= 4 is 28.1 Å². The first-order valence-corrected chi connectivity index (χ1v) is 6.28. The molecule has 90 valence electrons. The molecule has 3 nitrogen and oxygen atoms in total. The van der Waals surface area contributed by atoms with E-state index in [0.29, 0.717) is 4.88 Å². The zero-order valence-electron chi connectivity index (χ0n) is 9.61. The number of hydrogen-bond donors (Lipinski definition) is 1. The van der Waals surface area contributed by atoms with Crippen LogP contribution in [0.1, 0.15) is 9.67 Å². The van der Waals surface area contributed by atoms with Crippen LogP contribution in [0.4, 0.5) is 0 Å². The average Bonchev–Trinajstić information content (AvgIpc) is 2.94. The Hall–Kier alpha value is -2.20. The number of nitrogens with two attached hydrogens (primary N) is 1. The summed E-state index contributed by atoms with van der Waals surface area (Å²) >= 11 is 1.36. The van der Waals surface area contributed by atoms with E-state index in [1.807, 2.05) is 35.8 Å². The number of carbonyl (C=O) groups is 1. The van der Waals surface area contributed by atoms with Crippen molar-refractivity contribution in [2.45, 2.75) is 0 Å². The summed E-state index contributed by atoms with van der Waals surface area (Å²) in [6.07, 6.45) is 1.81. The number of carbonyl (C=O) groups excluding carboxylic acids is 1. The second kappa shape index (κ2) is 5.93. The Morgan fingerprint density at radius 1 is 1.06 bits per heavy atom. The molecule has 1 aromatic carbocycles. The molecule has 2 aromatic heterocycles. The van der Waals surface area contributed by atoms with Crippen LogP contribution in [0.25, 0.3) is 10.9 Å². The number of nitrogens with zero attached hydrogens (tertiary/aromatic N) is 1. The number of hydrogen-bond acceptors (Lipinski definition) is 3. The molecule has 0 aliphatic heterocycles. The molecule has 3 aromatic rings. The van der Waals surface area contributed by atoms with Crippen LogP contribution in [-0.2, 0) is 0 Å². The molecular formula is C14H12N2OS. The van der Waals surface area contributed by atoms with Gasteiger partial charge in [0.2, 0.25) is 0 Å². The summed E-state index contributed by atoms with van der Waals surface area (Å²) in [4.78, 5) is 15.1. The fraction of sp³-hybridized carbons (Fsp3) is 0. The van der Waals surface area contributed by atoms with Gasteiger partial charge in [-0.1, -0.05) is 30.3 Å². The molecule has 0 saturated heterocycles. The maximum Gasteiger partial charge on any atom is 0.258 e. The molecule has 2 heterocycles.